The minimum absolute atomic E-state index is 0.280. The third-order valence-electron chi connectivity index (χ3n) is 4.37. The Morgan fingerprint density at radius 3 is 1.62 bits per heavy atom. The van der Waals surface area contributed by atoms with Crippen molar-refractivity contribution in [2.24, 2.45) is 0 Å². The van der Waals surface area contributed by atoms with Gasteiger partial charge in [-0.25, -0.2) is 0 Å². The van der Waals surface area contributed by atoms with Crippen molar-refractivity contribution in [3.8, 4) is 0 Å². The van der Waals surface area contributed by atoms with Crippen molar-refractivity contribution in [3.63, 3.8) is 0 Å². The molecule has 0 radical (unpaired) electrons. The van der Waals surface area contributed by atoms with E-state index in [0.29, 0.717) is 6.42 Å². The van der Waals surface area contributed by atoms with E-state index in [1.165, 1.54) is 64.2 Å². The second kappa shape index (κ2) is 17.2. The first-order valence-electron chi connectivity index (χ1n) is 9.88. The maximum atomic E-state index is 11.5. The highest BCUT2D eigenvalue weighted by Crippen LogP contribution is 2.12. The van der Waals surface area contributed by atoms with Crippen molar-refractivity contribution in [2.45, 2.75) is 109 Å². The Labute approximate surface area is 147 Å². The molecule has 5 heteroatoms. The van der Waals surface area contributed by atoms with Crippen molar-refractivity contribution >= 4 is 5.91 Å². The second-order valence-electron chi connectivity index (χ2n) is 6.75. The number of hydrogen-bond acceptors (Lipinski definition) is 4. The predicted molar refractivity (Wildman–Crippen MR) is 97.6 cm³/mol. The predicted octanol–water partition coefficient (Wildman–Crippen LogP) is 3.26. The van der Waals surface area contributed by atoms with Gasteiger partial charge in [-0.05, 0) is 6.42 Å². The summed E-state index contributed by atoms with van der Waals surface area (Å²) in [7, 11) is 0. The van der Waals surface area contributed by atoms with E-state index in [-0.39, 0.29) is 5.91 Å². The van der Waals surface area contributed by atoms with Gasteiger partial charge in [-0.3, -0.25) is 4.79 Å². The van der Waals surface area contributed by atoms with Crippen molar-refractivity contribution in [2.75, 3.05) is 6.61 Å². The Morgan fingerprint density at radius 2 is 1.21 bits per heavy atom. The number of aliphatic hydroxyl groups is 3. The van der Waals surface area contributed by atoms with Gasteiger partial charge in [0, 0.05) is 6.42 Å². The fourth-order valence-electron chi connectivity index (χ4n) is 2.74. The van der Waals surface area contributed by atoms with E-state index in [2.05, 4.69) is 12.2 Å². The standard InChI is InChI=1S/C19H39NO4/c1-2-3-4-5-6-7-8-9-10-11-12-13-14-15-18(23)20-19(24)17(22)16-21/h17,19,21-22,24H,2-16H2,1H3,(H,20,23). The number of carbonyl (C=O) groups is 1. The molecule has 0 aromatic heterocycles. The summed E-state index contributed by atoms with van der Waals surface area (Å²) in [5.41, 5.74) is 0. The van der Waals surface area contributed by atoms with Crippen LogP contribution in [0.15, 0.2) is 0 Å². The highest BCUT2D eigenvalue weighted by atomic mass is 16.4. The molecular weight excluding hydrogens is 306 g/mol. The maximum absolute atomic E-state index is 11.5. The van der Waals surface area contributed by atoms with Gasteiger partial charge in [0.2, 0.25) is 5.91 Å². The molecule has 0 bridgehead atoms. The molecule has 0 spiro atoms. The zero-order chi connectivity index (χ0) is 18.0. The molecule has 0 aliphatic heterocycles. The molecule has 0 heterocycles. The number of unbranched alkanes of at least 4 members (excludes halogenated alkanes) is 12. The van der Waals surface area contributed by atoms with Gasteiger partial charge in [-0.2, -0.15) is 0 Å². The van der Waals surface area contributed by atoms with Crippen LogP contribution in [-0.2, 0) is 4.79 Å². The molecule has 2 atom stereocenters. The van der Waals surface area contributed by atoms with E-state index in [9.17, 15) is 9.90 Å². The molecule has 2 unspecified atom stereocenters. The number of nitrogens with one attached hydrogen (secondary N) is 1. The van der Waals surface area contributed by atoms with Crippen LogP contribution >= 0.6 is 0 Å². The minimum atomic E-state index is -1.38. The quantitative estimate of drug-likeness (QED) is 0.241. The topological polar surface area (TPSA) is 89.8 Å². The number of aliphatic hydroxyl groups excluding tert-OH is 3. The first-order chi connectivity index (χ1) is 11.6. The van der Waals surface area contributed by atoms with Crippen molar-refractivity contribution in [3.05, 3.63) is 0 Å². The van der Waals surface area contributed by atoms with E-state index >= 15 is 0 Å². The van der Waals surface area contributed by atoms with Crippen LogP contribution in [0.4, 0.5) is 0 Å². The van der Waals surface area contributed by atoms with Gasteiger partial charge in [-0.1, -0.05) is 84.0 Å². The lowest BCUT2D eigenvalue weighted by Gasteiger charge is -2.16. The molecule has 0 aliphatic rings. The van der Waals surface area contributed by atoms with Gasteiger partial charge >= 0.3 is 0 Å². The van der Waals surface area contributed by atoms with Crippen molar-refractivity contribution in [1.29, 1.82) is 0 Å². The fraction of sp³-hybridized carbons (Fsp3) is 0.947. The summed E-state index contributed by atoms with van der Waals surface area (Å²) < 4.78 is 0. The summed E-state index contributed by atoms with van der Waals surface area (Å²) in [6.07, 6.45) is 14.0. The van der Waals surface area contributed by atoms with Gasteiger partial charge in [-0.15, -0.1) is 0 Å². The average Bonchev–Trinajstić information content (AvgIpc) is 2.58. The maximum Gasteiger partial charge on any atom is 0.222 e. The normalized spacial score (nSPS) is 13.7. The lowest BCUT2D eigenvalue weighted by Crippen LogP contribution is -2.44. The molecule has 144 valence electrons. The van der Waals surface area contributed by atoms with Crippen molar-refractivity contribution < 1.29 is 20.1 Å². The molecule has 0 rings (SSSR count). The summed E-state index contributed by atoms with van der Waals surface area (Å²) in [6.45, 7) is 1.68. The van der Waals surface area contributed by atoms with E-state index in [4.69, 9.17) is 10.2 Å². The molecule has 0 saturated carbocycles. The van der Waals surface area contributed by atoms with Crippen LogP contribution in [0.1, 0.15) is 96.8 Å². The Hall–Kier alpha value is -0.650. The molecule has 24 heavy (non-hydrogen) atoms. The van der Waals surface area contributed by atoms with Crippen LogP contribution in [-0.4, -0.2) is 40.2 Å². The minimum Gasteiger partial charge on any atom is -0.394 e. The van der Waals surface area contributed by atoms with E-state index < -0.39 is 18.9 Å². The van der Waals surface area contributed by atoms with Gasteiger partial charge in [0.15, 0.2) is 6.23 Å². The molecule has 5 nitrogen and oxygen atoms in total. The van der Waals surface area contributed by atoms with Gasteiger partial charge in [0.1, 0.15) is 6.10 Å². The van der Waals surface area contributed by atoms with Crippen LogP contribution in [0.25, 0.3) is 0 Å². The molecule has 0 saturated heterocycles. The summed E-state index contributed by atoms with van der Waals surface area (Å²) in [4.78, 5) is 11.5. The molecular formula is C19H39NO4. The smallest absolute Gasteiger partial charge is 0.222 e. The van der Waals surface area contributed by atoms with E-state index in [1.807, 2.05) is 0 Å². The number of carbonyl (C=O) groups excluding carboxylic acids is 1. The SMILES string of the molecule is CCCCCCCCCCCCCCCC(=O)NC(O)C(O)CO. The Balaban J connectivity index is 3.26. The van der Waals surface area contributed by atoms with Gasteiger partial charge < -0.3 is 20.6 Å². The van der Waals surface area contributed by atoms with Crippen molar-refractivity contribution in [1.82, 2.24) is 5.32 Å². The summed E-state index contributed by atoms with van der Waals surface area (Å²) in [5, 5.41) is 29.4. The highest BCUT2D eigenvalue weighted by Gasteiger charge is 2.16. The van der Waals surface area contributed by atoms with Crippen LogP contribution in [0.5, 0.6) is 0 Å². The first-order valence-corrected chi connectivity index (χ1v) is 9.88. The van der Waals surface area contributed by atoms with E-state index in [0.717, 1.165) is 19.3 Å². The Morgan fingerprint density at radius 1 is 0.792 bits per heavy atom. The summed E-state index contributed by atoms with van der Waals surface area (Å²) in [6, 6.07) is 0. The lowest BCUT2D eigenvalue weighted by molar-refractivity contribution is -0.127. The zero-order valence-electron chi connectivity index (χ0n) is 15.5. The molecule has 0 aromatic carbocycles. The zero-order valence-corrected chi connectivity index (χ0v) is 15.5. The third kappa shape index (κ3) is 14.9. The van der Waals surface area contributed by atoms with Gasteiger partial charge in [0.05, 0.1) is 6.61 Å². The van der Waals surface area contributed by atoms with Crippen LogP contribution in [0.2, 0.25) is 0 Å². The monoisotopic (exact) mass is 345 g/mol. The van der Waals surface area contributed by atoms with Crippen LogP contribution in [0.3, 0.4) is 0 Å². The number of hydrogen-bond donors (Lipinski definition) is 4. The average molecular weight is 346 g/mol. The fourth-order valence-corrected chi connectivity index (χ4v) is 2.74. The Kier molecular flexibility index (Phi) is 16.7. The molecule has 0 aromatic rings. The summed E-state index contributed by atoms with van der Waals surface area (Å²) in [5.74, 6) is -0.280. The highest BCUT2D eigenvalue weighted by molar-refractivity contribution is 5.76. The number of amides is 1. The lowest BCUT2D eigenvalue weighted by atomic mass is 10.0. The number of rotatable bonds is 17. The molecule has 4 N–H and O–H groups in total. The molecule has 0 fully saturated rings. The van der Waals surface area contributed by atoms with E-state index in [1.54, 1.807) is 0 Å². The molecule has 1 amide bonds. The Bertz CT molecular complexity index is 287. The van der Waals surface area contributed by atoms with Crippen LogP contribution in [0, 0.1) is 0 Å². The largest absolute Gasteiger partial charge is 0.394 e. The third-order valence-corrected chi connectivity index (χ3v) is 4.37. The van der Waals surface area contributed by atoms with Gasteiger partial charge in [0.25, 0.3) is 0 Å². The molecule has 0 aliphatic carbocycles. The van der Waals surface area contributed by atoms with Crippen LogP contribution < -0.4 is 5.32 Å². The second-order valence-corrected chi connectivity index (χ2v) is 6.75. The first kappa shape index (κ1) is 23.4. The summed E-state index contributed by atoms with van der Waals surface area (Å²) >= 11 is 0.